The Morgan fingerprint density at radius 3 is 2.52 bits per heavy atom. The molecule has 1 saturated heterocycles. The average molecular weight is 408 g/mol. The number of piperidine rings is 1. The van der Waals surface area contributed by atoms with E-state index in [1.807, 2.05) is 0 Å². The highest BCUT2D eigenvalue weighted by Crippen LogP contribution is 2.38. The zero-order valence-corrected chi connectivity index (χ0v) is 17.9. The van der Waals surface area contributed by atoms with Crippen LogP contribution in [0.15, 0.2) is 12.1 Å². The van der Waals surface area contributed by atoms with Gasteiger partial charge in [0.15, 0.2) is 0 Å². The summed E-state index contributed by atoms with van der Waals surface area (Å²) in [6.45, 7) is 10.0. The quantitative estimate of drug-likeness (QED) is 0.514. The molecule has 1 N–H and O–H groups in total. The summed E-state index contributed by atoms with van der Waals surface area (Å²) >= 11 is 0. The number of nitro benzene ring substituents is 1. The van der Waals surface area contributed by atoms with Crippen LogP contribution in [0.3, 0.4) is 0 Å². The van der Waals surface area contributed by atoms with E-state index in [1.54, 1.807) is 13.0 Å². The molecule has 1 aromatic rings. The van der Waals surface area contributed by atoms with E-state index in [2.05, 4.69) is 24.1 Å². The van der Waals surface area contributed by atoms with E-state index in [0.717, 1.165) is 51.9 Å². The molecule has 162 valence electrons. The molecule has 0 spiro atoms. The van der Waals surface area contributed by atoms with Crippen molar-refractivity contribution in [3.05, 3.63) is 33.6 Å². The van der Waals surface area contributed by atoms with Crippen LogP contribution in [0.1, 0.15) is 57.9 Å². The van der Waals surface area contributed by atoms with Gasteiger partial charge in [0.25, 0.3) is 0 Å². The topological polar surface area (TPSA) is 67.6 Å². The highest BCUT2D eigenvalue weighted by Gasteiger charge is 2.34. The third-order valence-electron chi connectivity index (χ3n) is 6.48. The van der Waals surface area contributed by atoms with Gasteiger partial charge in [0, 0.05) is 32.3 Å². The number of nitro groups is 1. The first-order chi connectivity index (χ1) is 13.8. The van der Waals surface area contributed by atoms with Gasteiger partial charge in [-0.3, -0.25) is 10.1 Å². The Hall–Kier alpha value is -1.73. The summed E-state index contributed by atoms with van der Waals surface area (Å²) in [5.74, 6) is -0.773. The predicted molar refractivity (Wildman–Crippen MR) is 113 cm³/mol. The van der Waals surface area contributed by atoms with Crippen molar-refractivity contribution in [1.29, 1.82) is 0 Å². The number of benzene rings is 1. The summed E-state index contributed by atoms with van der Waals surface area (Å²) in [5.41, 5.74) is 0.874. The molecule has 0 unspecified atom stereocenters. The van der Waals surface area contributed by atoms with Gasteiger partial charge in [-0.1, -0.05) is 6.92 Å². The Morgan fingerprint density at radius 1 is 1.28 bits per heavy atom. The van der Waals surface area contributed by atoms with E-state index < -0.39 is 16.4 Å². The molecule has 3 rings (SSSR count). The molecule has 0 radical (unpaired) electrons. The number of likely N-dealkylation sites (tertiary alicyclic amines) is 1. The summed E-state index contributed by atoms with van der Waals surface area (Å²) < 4.78 is 19.8. The lowest BCUT2D eigenvalue weighted by molar-refractivity contribution is -0.386. The van der Waals surface area contributed by atoms with Gasteiger partial charge < -0.3 is 15.0 Å². The van der Waals surface area contributed by atoms with Gasteiger partial charge in [-0.25, -0.2) is 0 Å². The number of halogens is 1. The van der Waals surface area contributed by atoms with Crippen LogP contribution in [0.5, 0.6) is 0 Å². The molecule has 1 aromatic carbocycles. The number of nitrogens with one attached hydrogen (secondary N) is 1. The van der Waals surface area contributed by atoms with Crippen molar-refractivity contribution in [2.24, 2.45) is 5.41 Å². The van der Waals surface area contributed by atoms with Crippen LogP contribution < -0.4 is 5.32 Å². The first kappa shape index (κ1) is 22.0. The maximum Gasteiger partial charge on any atom is 0.327 e. The summed E-state index contributed by atoms with van der Waals surface area (Å²) in [7, 11) is 0. The summed E-state index contributed by atoms with van der Waals surface area (Å²) in [6, 6.07) is 3.02. The average Bonchev–Trinajstić information content (AvgIpc) is 2.65. The Bertz CT molecular complexity index is 711. The number of anilines is 1. The molecule has 0 bridgehead atoms. The van der Waals surface area contributed by atoms with Crippen molar-refractivity contribution >= 4 is 11.4 Å². The molecule has 0 aromatic heterocycles. The van der Waals surface area contributed by atoms with Gasteiger partial charge in [-0.2, -0.15) is 4.39 Å². The molecular formula is C22H34FN3O3. The number of hydrogen-bond donors (Lipinski definition) is 1. The number of hydrogen-bond acceptors (Lipinski definition) is 5. The predicted octanol–water partition coefficient (Wildman–Crippen LogP) is 4.90. The Labute approximate surface area is 173 Å². The van der Waals surface area contributed by atoms with Crippen molar-refractivity contribution in [3.63, 3.8) is 0 Å². The van der Waals surface area contributed by atoms with E-state index in [1.165, 1.54) is 18.9 Å². The molecular weight excluding hydrogens is 373 g/mol. The molecule has 1 heterocycles. The van der Waals surface area contributed by atoms with Crippen molar-refractivity contribution in [1.82, 2.24) is 4.90 Å². The molecule has 29 heavy (non-hydrogen) atoms. The normalized spacial score (nSPS) is 26.4. The Balaban J connectivity index is 1.52. The second kappa shape index (κ2) is 9.39. The standard InChI is InChI=1S/C22H34FN3O3/c1-4-29-18-5-9-22(3,10-6-18)15-25-11-7-17(8-12-25)24-20-14-16(2)13-19(23)21(20)26(27)28/h13-14,17-18,24H,4-12,15H2,1-3H3. The van der Waals surface area contributed by atoms with Crippen LogP contribution >= 0.6 is 0 Å². The van der Waals surface area contributed by atoms with E-state index in [4.69, 9.17) is 4.74 Å². The Kier molecular flexibility index (Phi) is 7.11. The van der Waals surface area contributed by atoms with Gasteiger partial charge in [-0.05, 0) is 75.5 Å². The first-order valence-electron chi connectivity index (χ1n) is 10.8. The summed E-state index contributed by atoms with van der Waals surface area (Å²) in [4.78, 5) is 13.2. The van der Waals surface area contributed by atoms with Crippen molar-refractivity contribution in [3.8, 4) is 0 Å². The van der Waals surface area contributed by atoms with Crippen LogP contribution in [-0.4, -0.2) is 48.2 Å². The molecule has 1 aliphatic carbocycles. The second-order valence-electron chi connectivity index (χ2n) is 9.06. The number of nitrogens with zero attached hydrogens (tertiary/aromatic N) is 2. The Morgan fingerprint density at radius 2 is 1.93 bits per heavy atom. The maximum absolute atomic E-state index is 14.1. The molecule has 0 atom stereocenters. The monoisotopic (exact) mass is 407 g/mol. The lowest BCUT2D eigenvalue weighted by Crippen LogP contribution is -2.45. The molecule has 2 aliphatic rings. The molecule has 0 amide bonds. The lowest BCUT2D eigenvalue weighted by atomic mass is 9.74. The molecule has 6 nitrogen and oxygen atoms in total. The molecule has 7 heteroatoms. The fraction of sp³-hybridized carbons (Fsp3) is 0.727. The third kappa shape index (κ3) is 5.66. The number of ether oxygens (including phenoxy) is 1. The molecule has 2 fully saturated rings. The van der Waals surface area contributed by atoms with Crippen LogP contribution in [0, 0.1) is 28.3 Å². The van der Waals surface area contributed by atoms with Crippen molar-refractivity contribution < 1.29 is 14.1 Å². The van der Waals surface area contributed by atoms with Crippen LogP contribution in [-0.2, 0) is 4.74 Å². The first-order valence-corrected chi connectivity index (χ1v) is 10.8. The SMILES string of the molecule is CCOC1CCC(C)(CN2CCC(Nc3cc(C)cc(F)c3[N+](=O)[O-])CC2)CC1. The van der Waals surface area contributed by atoms with Gasteiger partial charge in [0.1, 0.15) is 5.69 Å². The van der Waals surface area contributed by atoms with Gasteiger partial charge >= 0.3 is 5.69 Å². The van der Waals surface area contributed by atoms with Crippen molar-refractivity contribution in [2.45, 2.75) is 71.4 Å². The summed E-state index contributed by atoms with van der Waals surface area (Å²) in [5, 5.41) is 14.5. The van der Waals surface area contributed by atoms with Gasteiger partial charge in [0.05, 0.1) is 11.0 Å². The molecule has 1 aliphatic heterocycles. The minimum Gasteiger partial charge on any atom is -0.379 e. The van der Waals surface area contributed by atoms with E-state index in [0.29, 0.717) is 22.8 Å². The maximum atomic E-state index is 14.1. The molecule has 1 saturated carbocycles. The van der Waals surface area contributed by atoms with Crippen LogP contribution in [0.25, 0.3) is 0 Å². The highest BCUT2D eigenvalue weighted by molar-refractivity contribution is 5.64. The third-order valence-corrected chi connectivity index (χ3v) is 6.48. The zero-order chi connectivity index (χ0) is 21.0. The van der Waals surface area contributed by atoms with E-state index >= 15 is 0 Å². The number of rotatable bonds is 7. The minimum absolute atomic E-state index is 0.132. The smallest absolute Gasteiger partial charge is 0.327 e. The van der Waals surface area contributed by atoms with E-state index in [-0.39, 0.29) is 6.04 Å². The van der Waals surface area contributed by atoms with Crippen LogP contribution in [0.4, 0.5) is 15.8 Å². The van der Waals surface area contributed by atoms with Gasteiger partial charge in [0.2, 0.25) is 5.82 Å². The largest absolute Gasteiger partial charge is 0.379 e. The van der Waals surface area contributed by atoms with Crippen LogP contribution in [0.2, 0.25) is 0 Å². The highest BCUT2D eigenvalue weighted by atomic mass is 19.1. The summed E-state index contributed by atoms with van der Waals surface area (Å²) in [6.07, 6.45) is 6.92. The zero-order valence-electron chi connectivity index (χ0n) is 17.9. The lowest BCUT2D eigenvalue weighted by Gasteiger charge is -2.42. The minimum atomic E-state index is -0.773. The fourth-order valence-corrected chi connectivity index (χ4v) is 4.87. The van der Waals surface area contributed by atoms with E-state index in [9.17, 15) is 14.5 Å². The number of aryl methyl sites for hydroxylation is 1. The fourth-order valence-electron chi connectivity index (χ4n) is 4.87. The second-order valence-corrected chi connectivity index (χ2v) is 9.06. The van der Waals surface area contributed by atoms with Gasteiger partial charge in [-0.15, -0.1) is 0 Å². The van der Waals surface area contributed by atoms with Crippen molar-refractivity contribution in [2.75, 3.05) is 31.6 Å².